The van der Waals surface area contributed by atoms with E-state index in [1.54, 1.807) is 24.3 Å². The number of pyridine rings is 1. The van der Waals surface area contributed by atoms with Gasteiger partial charge in [-0.3, -0.25) is 4.79 Å². The minimum absolute atomic E-state index is 0.0426. The summed E-state index contributed by atoms with van der Waals surface area (Å²) in [6, 6.07) is 14.4. The van der Waals surface area contributed by atoms with Crippen molar-refractivity contribution in [2.75, 3.05) is 0 Å². The summed E-state index contributed by atoms with van der Waals surface area (Å²) in [5.74, 6) is -0.975. The van der Waals surface area contributed by atoms with Gasteiger partial charge in [-0.2, -0.15) is 13.2 Å². The minimum atomic E-state index is -4.41. The Kier molecular flexibility index (Phi) is 5.49. The van der Waals surface area contributed by atoms with Gasteiger partial charge in [-0.1, -0.05) is 49.4 Å². The van der Waals surface area contributed by atoms with E-state index in [2.05, 4.69) is 4.98 Å². The van der Waals surface area contributed by atoms with Crippen molar-refractivity contribution < 1.29 is 23.1 Å². The third-order valence-electron chi connectivity index (χ3n) is 4.45. The van der Waals surface area contributed by atoms with Crippen LogP contribution in [0, 0.1) is 0 Å². The van der Waals surface area contributed by atoms with Crippen molar-refractivity contribution in [1.29, 1.82) is 0 Å². The van der Waals surface area contributed by atoms with Gasteiger partial charge in [0.1, 0.15) is 0 Å². The topological polar surface area (TPSA) is 50.2 Å². The van der Waals surface area contributed by atoms with Gasteiger partial charge in [0.05, 0.1) is 23.2 Å². The first-order valence-corrected chi connectivity index (χ1v) is 8.70. The summed E-state index contributed by atoms with van der Waals surface area (Å²) in [4.78, 5) is 15.2. The zero-order valence-electron chi connectivity index (χ0n) is 15.1. The van der Waals surface area contributed by atoms with Gasteiger partial charge in [-0.25, -0.2) is 4.98 Å². The maximum absolute atomic E-state index is 12.9. The van der Waals surface area contributed by atoms with Crippen molar-refractivity contribution in [2.24, 2.45) is 0 Å². The van der Waals surface area contributed by atoms with Crippen LogP contribution in [0.5, 0.6) is 0 Å². The highest BCUT2D eigenvalue weighted by molar-refractivity contribution is 5.81. The Hall–Kier alpha value is -3.15. The third-order valence-corrected chi connectivity index (χ3v) is 4.45. The zero-order valence-corrected chi connectivity index (χ0v) is 15.1. The fourth-order valence-corrected chi connectivity index (χ4v) is 2.93. The molecule has 0 bridgehead atoms. The molecule has 1 unspecified atom stereocenters. The molecule has 1 heterocycles. The van der Waals surface area contributed by atoms with Crippen LogP contribution >= 0.6 is 0 Å². The van der Waals surface area contributed by atoms with Crippen LogP contribution in [0.15, 0.2) is 54.6 Å². The van der Waals surface area contributed by atoms with Gasteiger partial charge < -0.3 is 5.11 Å². The molecule has 0 amide bonds. The molecule has 1 N–H and O–H groups in total. The second-order valence-electron chi connectivity index (χ2n) is 6.64. The lowest BCUT2D eigenvalue weighted by atomic mass is 9.96. The standard InChI is InChI=1S/C22H18F3NO2/c1-14(11-21(27)28)17-4-2-3-15(12-17)5-9-19-10-7-16-6-8-18(22(23,24)25)13-20(16)26-19/h2-10,12-14H,11H2,1H3,(H,27,28). The largest absolute Gasteiger partial charge is 0.481 e. The number of carboxylic acids is 1. The fourth-order valence-electron chi connectivity index (χ4n) is 2.93. The highest BCUT2D eigenvalue weighted by atomic mass is 19.4. The molecule has 0 aliphatic heterocycles. The van der Waals surface area contributed by atoms with E-state index in [1.165, 1.54) is 6.07 Å². The highest BCUT2D eigenvalue weighted by Gasteiger charge is 2.30. The van der Waals surface area contributed by atoms with Crippen LogP contribution in [-0.4, -0.2) is 16.1 Å². The van der Waals surface area contributed by atoms with Crippen LogP contribution in [0.2, 0.25) is 0 Å². The third kappa shape index (κ3) is 4.76. The van der Waals surface area contributed by atoms with Crippen molar-refractivity contribution >= 4 is 29.0 Å². The summed E-state index contributed by atoms with van der Waals surface area (Å²) in [6.07, 6.45) is -0.838. The molecule has 0 saturated heterocycles. The second kappa shape index (κ2) is 7.84. The monoisotopic (exact) mass is 385 g/mol. The van der Waals surface area contributed by atoms with Crippen LogP contribution in [0.1, 0.15) is 41.6 Å². The molecule has 3 aromatic rings. The molecule has 28 heavy (non-hydrogen) atoms. The smallest absolute Gasteiger partial charge is 0.416 e. The Morgan fingerprint density at radius 3 is 2.57 bits per heavy atom. The van der Waals surface area contributed by atoms with E-state index in [0.717, 1.165) is 23.3 Å². The number of halogens is 3. The van der Waals surface area contributed by atoms with Gasteiger partial charge in [0.2, 0.25) is 0 Å². The zero-order chi connectivity index (χ0) is 20.3. The number of aromatic nitrogens is 1. The van der Waals surface area contributed by atoms with E-state index < -0.39 is 17.7 Å². The number of hydrogen-bond acceptors (Lipinski definition) is 2. The van der Waals surface area contributed by atoms with Crippen molar-refractivity contribution in [3.05, 3.63) is 77.0 Å². The van der Waals surface area contributed by atoms with E-state index in [4.69, 9.17) is 5.11 Å². The molecule has 0 aliphatic carbocycles. The number of hydrogen-bond donors (Lipinski definition) is 1. The van der Waals surface area contributed by atoms with Gasteiger partial charge in [-0.15, -0.1) is 0 Å². The summed E-state index contributed by atoms with van der Waals surface area (Å²) in [7, 11) is 0. The van der Waals surface area contributed by atoms with Crippen LogP contribution in [0.4, 0.5) is 13.2 Å². The van der Waals surface area contributed by atoms with Crippen molar-refractivity contribution in [3.8, 4) is 0 Å². The first kappa shape index (κ1) is 19.6. The number of aliphatic carboxylic acids is 1. The summed E-state index contributed by atoms with van der Waals surface area (Å²) in [6.45, 7) is 1.85. The highest BCUT2D eigenvalue weighted by Crippen LogP contribution is 2.31. The average Bonchev–Trinajstić information content (AvgIpc) is 2.64. The molecule has 0 fully saturated rings. The van der Waals surface area contributed by atoms with Crippen molar-refractivity contribution in [3.63, 3.8) is 0 Å². The molecule has 0 spiro atoms. The lowest BCUT2D eigenvalue weighted by molar-refractivity contribution is -0.138. The van der Waals surface area contributed by atoms with Crippen LogP contribution in [0.25, 0.3) is 23.1 Å². The van der Waals surface area contributed by atoms with Gasteiger partial charge in [0.15, 0.2) is 0 Å². The Bertz CT molecular complexity index is 1040. The molecule has 3 rings (SSSR count). The normalized spacial score (nSPS) is 13.1. The molecule has 0 radical (unpaired) electrons. The summed E-state index contributed by atoms with van der Waals surface area (Å²) in [5.41, 5.74) is 1.86. The average molecular weight is 385 g/mol. The lowest BCUT2D eigenvalue weighted by Gasteiger charge is -2.09. The van der Waals surface area contributed by atoms with E-state index in [-0.39, 0.29) is 17.9 Å². The first-order chi connectivity index (χ1) is 13.2. The Morgan fingerprint density at radius 2 is 1.86 bits per heavy atom. The molecule has 3 nitrogen and oxygen atoms in total. The minimum Gasteiger partial charge on any atom is -0.481 e. The Balaban J connectivity index is 1.86. The molecule has 2 aromatic carbocycles. The molecule has 6 heteroatoms. The van der Waals surface area contributed by atoms with E-state index in [1.807, 2.05) is 31.2 Å². The summed E-state index contributed by atoms with van der Waals surface area (Å²) < 4.78 is 38.7. The number of alkyl halides is 3. The summed E-state index contributed by atoms with van der Waals surface area (Å²) >= 11 is 0. The van der Waals surface area contributed by atoms with Crippen LogP contribution < -0.4 is 0 Å². The molecule has 0 aliphatic rings. The predicted molar refractivity (Wildman–Crippen MR) is 103 cm³/mol. The van der Waals surface area contributed by atoms with Gasteiger partial charge in [-0.05, 0) is 41.3 Å². The number of fused-ring (bicyclic) bond motifs is 1. The van der Waals surface area contributed by atoms with Crippen molar-refractivity contribution in [1.82, 2.24) is 4.98 Å². The molecule has 144 valence electrons. The van der Waals surface area contributed by atoms with Gasteiger partial charge in [0, 0.05) is 5.39 Å². The predicted octanol–water partition coefficient (Wildman–Crippen LogP) is 6.00. The lowest BCUT2D eigenvalue weighted by Crippen LogP contribution is -2.04. The number of nitrogens with zero attached hydrogens (tertiary/aromatic N) is 1. The van der Waals surface area contributed by atoms with E-state index in [9.17, 15) is 18.0 Å². The molecule has 1 atom stereocenters. The summed E-state index contributed by atoms with van der Waals surface area (Å²) in [5, 5.41) is 9.56. The van der Waals surface area contributed by atoms with Gasteiger partial charge in [0.25, 0.3) is 0 Å². The fraction of sp³-hybridized carbons (Fsp3) is 0.182. The molecule has 1 aromatic heterocycles. The van der Waals surface area contributed by atoms with E-state index >= 15 is 0 Å². The molecule has 0 saturated carbocycles. The number of carboxylic acid groups (broad SMARTS) is 1. The Morgan fingerprint density at radius 1 is 1.11 bits per heavy atom. The number of rotatable bonds is 5. The molecular weight excluding hydrogens is 367 g/mol. The number of carbonyl (C=O) groups is 1. The van der Waals surface area contributed by atoms with Crippen LogP contribution in [0.3, 0.4) is 0 Å². The SMILES string of the molecule is CC(CC(=O)O)c1cccc(C=Cc2ccc3ccc(C(F)(F)F)cc3n2)c1. The quantitative estimate of drug-likeness (QED) is 0.586. The van der Waals surface area contributed by atoms with E-state index in [0.29, 0.717) is 11.1 Å². The van der Waals surface area contributed by atoms with Gasteiger partial charge >= 0.3 is 12.1 Å². The Labute approximate surface area is 160 Å². The maximum atomic E-state index is 12.9. The van der Waals surface area contributed by atoms with Crippen molar-refractivity contribution in [2.45, 2.75) is 25.4 Å². The second-order valence-corrected chi connectivity index (χ2v) is 6.64. The van der Waals surface area contributed by atoms with Crippen LogP contribution in [-0.2, 0) is 11.0 Å². The first-order valence-electron chi connectivity index (χ1n) is 8.70. The number of benzene rings is 2. The molecular formula is C22H18F3NO2. The maximum Gasteiger partial charge on any atom is 0.416 e.